The summed E-state index contributed by atoms with van der Waals surface area (Å²) in [4.78, 5) is 12.3. The highest BCUT2D eigenvalue weighted by atomic mass is 19.1. The Bertz CT molecular complexity index is 572. The van der Waals surface area contributed by atoms with Gasteiger partial charge in [0.05, 0.1) is 5.56 Å². The van der Waals surface area contributed by atoms with Gasteiger partial charge in [0.2, 0.25) is 0 Å². The van der Waals surface area contributed by atoms with Gasteiger partial charge in [-0.2, -0.15) is 0 Å². The molecule has 2 rings (SSSR count). The van der Waals surface area contributed by atoms with Crippen LogP contribution < -0.4 is 5.73 Å². The van der Waals surface area contributed by atoms with Gasteiger partial charge in [0.1, 0.15) is 23.3 Å². The van der Waals surface area contributed by atoms with Crippen LogP contribution in [0.5, 0.6) is 0 Å². The molecule has 0 saturated heterocycles. The molecule has 2 N–H and O–H groups in total. The van der Waals surface area contributed by atoms with Crippen molar-refractivity contribution in [3.63, 3.8) is 0 Å². The molecule has 0 fully saturated rings. The SMILES string of the molecule is Cc1nc(CCN)nc(-c2ccc(F)cc2F)n1. The van der Waals surface area contributed by atoms with Gasteiger partial charge in [0.15, 0.2) is 5.82 Å². The molecule has 2 aromatic rings. The first-order valence-electron chi connectivity index (χ1n) is 5.47. The van der Waals surface area contributed by atoms with Crippen LogP contribution >= 0.6 is 0 Å². The average Bonchev–Trinajstić information content (AvgIpc) is 2.28. The van der Waals surface area contributed by atoms with Crippen molar-refractivity contribution in [2.45, 2.75) is 13.3 Å². The second-order valence-corrected chi connectivity index (χ2v) is 3.79. The van der Waals surface area contributed by atoms with E-state index in [0.29, 0.717) is 24.6 Å². The molecule has 0 atom stereocenters. The molecule has 0 aliphatic carbocycles. The zero-order chi connectivity index (χ0) is 13.1. The molecule has 0 saturated carbocycles. The van der Waals surface area contributed by atoms with Crippen molar-refractivity contribution in [3.05, 3.63) is 41.5 Å². The highest BCUT2D eigenvalue weighted by Crippen LogP contribution is 2.20. The van der Waals surface area contributed by atoms with Gasteiger partial charge >= 0.3 is 0 Å². The molecular formula is C12H12F2N4. The van der Waals surface area contributed by atoms with Gasteiger partial charge in [0, 0.05) is 12.5 Å². The minimum Gasteiger partial charge on any atom is -0.330 e. The number of rotatable bonds is 3. The maximum atomic E-state index is 13.6. The van der Waals surface area contributed by atoms with Gasteiger partial charge < -0.3 is 5.73 Å². The summed E-state index contributed by atoms with van der Waals surface area (Å²) in [5.74, 6) is -0.150. The monoisotopic (exact) mass is 250 g/mol. The van der Waals surface area contributed by atoms with Gasteiger partial charge in [-0.25, -0.2) is 23.7 Å². The Kier molecular flexibility index (Phi) is 3.57. The smallest absolute Gasteiger partial charge is 0.166 e. The highest BCUT2D eigenvalue weighted by molar-refractivity contribution is 5.55. The third-order valence-electron chi connectivity index (χ3n) is 2.33. The topological polar surface area (TPSA) is 64.7 Å². The van der Waals surface area contributed by atoms with Gasteiger partial charge in [-0.1, -0.05) is 0 Å². The summed E-state index contributed by atoms with van der Waals surface area (Å²) in [6.45, 7) is 2.08. The standard InChI is InChI=1S/C12H12F2N4/c1-7-16-11(4-5-15)18-12(17-7)9-3-2-8(13)6-10(9)14/h2-3,6H,4-5,15H2,1H3. The van der Waals surface area contributed by atoms with Crippen LogP contribution in [0, 0.1) is 18.6 Å². The minimum atomic E-state index is -0.695. The highest BCUT2D eigenvalue weighted by Gasteiger charge is 2.11. The van der Waals surface area contributed by atoms with E-state index in [0.717, 1.165) is 6.07 Å². The molecule has 6 heteroatoms. The second kappa shape index (κ2) is 5.14. The van der Waals surface area contributed by atoms with E-state index in [2.05, 4.69) is 15.0 Å². The summed E-state index contributed by atoms with van der Waals surface area (Å²) >= 11 is 0. The Labute approximate surface area is 103 Å². The van der Waals surface area contributed by atoms with Crippen molar-refractivity contribution in [1.29, 1.82) is 0 Å². The fourth-order valence-corrected chi connectivity index (χ4v) is 1.57. The number of halogens is 2. The van der Waals surface area contributed by atoms with Crippen molar-refractivity contribution in [2.75, 3.05) is 6.54 Å². The summed E-state index contributed by atoms with van der Waals surface area (Å²) in [6, 6.07) is 3.28. The lowest BCUT2D eigenvalue weighted by Gasteiger charge is -2.05. The Morgan fingerprint density at radius 2 is 1.94 bits per heavy atom. The summed E-state index contributed by atoms with van der Waals surface area (Å²) < 4.78 is 26.5. The molecule has 1 aromatic carbocycles. The molecular weight excluding hydrogens is 238 g/mol. The predicted octanol–water partition coefficient (Wildman–Crippen LogP) is 1.63. The normalized spacial score (nSPS) is 10.7. The predicted molar refractivity (Wildman–Crippen MR) is 62.7 cm³/mol. The maximum Gasteiger partial charge on any atom is 0.166 e. The first-order valence-corrected chi connectivity index (χ1v) is 5.47. The molecule has 0 bridgehead atoms. The third-order valence-corrected chi connectivity index (χ3v) is 2.33. The number of aryl methyl sites for hydroxylation is 1. The Morgan fingerprint density at radius 3 is 2.61 bits per heavy atom. The molecule has 0 unspecified atom stereocenters. The van der Waals surface area contributed by atoms with E-state index in [4.69, 9.17) is 5.73 Å². The van der Waals surface area contributed by atoms with E-state index in [1.807, 2.05) is 0 Å². The quantitative estimate of drug-likeness (QED) is 0.899. The summed E-state index contributed by atoms with van der Waals surface area (Å²) in [5.41, 5.74) is 5.58. The Balaban J connectivity index is 2.49. The minimum absolute atomic E-state index is 0.153. The van der Waals surface area contributed by atoms with Gasteiger partial charge in [-0.05, 0) is 25.6 Å². The van der Waals surface area contributed by atoms with Crippen molar-refractivity contribution in [2.24, 2.45) is 5.73 Å². The van der Waals surface area contributed by atoms with E-state index in [9.17, 15) is 8.78 Å². The number of aromatic nitrogens is 3. The van der Waals surface area contributed by atoms with Crippen LogP contribution in [0.4, 0.5) is 8.78 Å². The molecule has 0 spiro atoms. The van der Waals surface area contributed by atoms with Gasteiger partial charge in [-0.3, -0.25) is 0 Å². The summed E-state index contributed by atoms with van der Waals surface area (Å²) in [5, 5.41) is 0. The zero-order valence-electron chi connectivity index (χ0n) is 9.82. The zero-order valence-corrected chi connectivity index (χ0v) is 9.82. The van der Waals surface area contributed by atoms with E-state index in [1.54, 1.807) is 6.92 Å². The first-order chi connectivity index (χ1) is 8.60. The second-order valence-electron chi connectivity index (χ2n) is 3.79. The molecule has 94 valence electrons. The van der Waals surface area contributed by atoms with Crippen LogP contribution in [0.1, 0.15) is 11.6 Å². The molecule has 1 aromatic heterocycles. The fourth-order valence-electron chi connectivity index (χ4n) is 1.57. The Hall–Kier alpha value is -1.95. The number of nitrogens with zero attached hydrogens (tertiary/aromatic N) is 3. The van der Waals surface area contributed by atoms with Crippen LogP contribution in [0.15, 0.2) is 18.2 Å². The molecule has 0 aliphatic heterocycles. The largest absolute Gasteiger partial charge is 0.330 e. The van der Waals surface area contributed by atoms with E-state index >= 15 is 0 Å². The van der Waals surface area contributed by atoms with Gasteiger partial charge in [-0.15, -0.1) is 0 Å². The van der Waals surface area contributed by atoms with Crippen molar-refractivity contribution < 1.29 is 8.78 Å². The average molecular weight is 250 g/mol. The summed E-state index contributed by atoms with van der Waals surface area (Å²) in [7, 11) is 0. The molecule has 0 radical (unpaired) electrons. The number of hydrogen-bond donors (Lipinski definition) is 1. The van der Waals surface area contributed by atoms with Gasteiger partial charge in [0.25, 0.3) is 0 Å². The fraction of sp³-hybridized carbons (Fsp3) is 0.250. The van der Waals surface area contributed by atoms with E-state index in [-0.39, 0.29) is 11.4 Å². The number of benzene rings is 1. The van der Waals surface area contributed by atoms with Crippen LogP contribution in [-0.4, -0.2) is 21.5 Å². The summed E-state index contributed by atoms with van der Waals surface area (Å²) in [6.07, 6.45) is 0.485. The van der Waals surface area contributed by atoms with Crippen LogP contribution in [-0.2, 0) is 6.42 Å². The van der Waals surface area contributed by atoms with Crippen LogP contribution in [0.3, 0.4) is 0 Å². The lowest BCUT2D eigenvalue weighted by atomic mass is 10.2. The maximum absolute atomic E-state index is 13.6. The Morgan fingerprint density at radius 1 is 1.17 bits per heavy atom. The van der Waals surface area contributed by atoms with Crippen molar-refractivity contribution in [1.82, 2.24) is 15.0 Å². The number of hydrogen-bond acceptors (Lipinski definition) is 4. The van der Waals surface area contributed by atoms with Crippen LogP contribution in [0.2, 0.25) is 0 Å². The number of nitrogens with two attached hydrogens (primary N) is 1. The molecule has 4 nitrogen and oxygen atoms in total. The first kappa shape index (κ1) is 12.5. The molecule has 1 heterocycles. The molecule has 18 heavy (non-hydrogen) atoms. The molecule has 0 aliphatic rings. The van der Waals surface area contributed by atoms with E-state index in [1.165, 1.54) is 12.1 Å². The molecule has 0 amide bonds. The van der Waals surface area contributed by atoms with Crippen molar-refractivity contribution >= 4 is 0 Å². The third kappa shape index (κ3) is 2.65. The van der Waals surface area contributed by atoms with E-state index < -0.39 is 11.6 Å². The van der Waals surface area contributed by atoms with Crippen molar-refractivity contribution in [3.8, 4) is 11.4 Å². The lowest BCUT2D eigenvalue weighted by molar-refractivity contribution is 0.584. The lowest BCUT2D eigenvalue weighted by Crippen LogP contribution is -2.09. The van der Waals surface area contributed by atoms with Crippen LogP contribution in [0.25, 0.3) is 11.4 Å².